The van der Waals surface area contributed by atoms with Gasteiger partial charge in [-0.2, -0.15) is 5.10 Å². The number of aromatic nitrogens is 2. The highest BCUT2D eigenvalue weighted by Gasteiger charge is 2.37. The van der Waals surface area contributed by atoms with Crippen LogP contribution < -0.4 is 25.4 Å². The molecule has 40 heavy (non-hydrogen) atoms. The third kappa shape index (κ3) is 5.40. The summed E-state index contributed by atoms with van der Waals surface area (Å²) in [6.07, 6.45) is 7.35. The molecule has 0 spiro atoms. The van der Waals surface area contributed by atoms with Crippen LogP contribution in [0.1, 0.15) is 61.0 Å². The number of nitrogens with zero attached hydrogens (tertiary/aromatic N) is 2. The number of carbonyl (C=O) groups excluding carboxylic acids is 2. The number of hydrogen-bond donors (Lipinski definition) is 3. The first-order valence-electron chi connectivity index (χ1n) is 13.5. The number of benzene rings is 2. The minimum atomic E-state index is -0.552. The minimum Gasteiger partial charge on any atom is -0.497 e. The van der Waals surface area contributed by atoms with Crippen LogP contribution in [0.4, 0.5) is 11.5 Å². The summed E-state index contributed by atoms with van der Waals surface area (Å²) in [5, 5.41) is 15.1. The number of allylic oxidation sites excluding steroid dienone is 1. The van der Waals surface area contributed by atoms with E-state index in [0.29, 0.717) is 44.9 Å². The molecule has 5 rings (SSSR count). The van der Waals surface area contributed by atoms with E-state index in [-0.39, 0.29) is 17.9 Å². The molecule has 1 aliphatic carbocycles. The molecule has 2 amide bonds. The van der Waals surface area contributed by atoms with Gasteiger partial charge in [0, 0.05) is 17.8 Å². The third-order valence-corrected chi connectivity index (χ3v) is 8.16. The number of anilines is 2. The first kappa shape index (κ1) is 27.6. The fourth-order valence-corrected chi connectivity index (χ4v) is 6.04. The van der Waals surface area contributed by atoms with E-state index in [1.807, 2.05) is 43.5 Å². The van der Waals surface area contributed by atoms with Crippen molar-refractivity contribution in [3.05, 3.63) is 70.9 Å². The minimum absolute atomic E-state index is 0.138. The average Bonchev–Trinajstić information content (AvgIpc) is 3.35. The van der Waals surface area contributed by atoms with E-state index in [0.717, 1.165) is 31.2 Å². The lowest BCUT2D eigenvalue weighted by Gasteiger charge is -2.30. The zero-order valence-electron chi connectivity index (χ0n) is 23.2. The average molecular weight is 562 g/mol. The zero-order chi connectivity index (χ0) is 28.2. The second kappa shape index (κ2) is 12.1. The maximum Gasteiger partial charge on any atom is 0.258 e. The Balaban J connectivity index is 1.55. The topological polar surface area (TPSA) is 107 Å². The lowest BCUT2D eigenvalue weighted by molar-refractivity contribution is -0.113. The van der Waals surface area contributed by atoms with Crippen LogP contribution in [0.5, 0.6) is 11.5 Å². The molecular formula is C30H35N5O4S. The normalized spacial score (nSPS) is 17.1. The Hall–Kier alpha value is -3.92. The number of ether oxygens (including phenoxy) is 2. The van der Waals surface area contributed by atoms with E-state index in [2.05, 4.69) is 16.0 Å². The highest BCUT2D eigenvalue weighted by atomic mass is 32.2. The van der Waals surface area contributed by atoms with E-state index >= 15 is 0 Å². The number of thioether (sulfide) groups is 1. The molecule has 0 bridgehead atoms. The standard InChI is InChI=1S/C30H35N5O4S/c1-18-24(28(36)33-22-16-15-21(38-2)17-23(22)39-3)26(19-11-7-5-8-12-19)35-27(31-18)25(30(34-35)40-4)29(37)32-20-13-9-6-10-14-20/h5,7-8,11-12,15-17,20,26,31H,6,9-10,13-14H2,1-4H3,(H,32,37)(H,33,36). The molecule has 2 aromatic carbocycles. The Morgan fingerprint density at radius 1 is 1.02 bits per heavy atom. The van der Waals surface area contributed by atoms with Gasteiger partial charge in [0.1, 0.15) is 33.9 Å². The van der Waals surface area contributed by atoms with Crippen LogP contribution in [0.2, 0.25) is 0 Å². The second-order valence-electron chi connectivity index (χ2n) is 9.98. The summed E-state index contributed by atoms with van der Waals surface area (Å²) >= 11 is 1.42. The second-order valence-corrected chi connectivity index (χ2v) is 10.8. The van der Waals surface area contributed by atoms with Crippen LogP contribution in [0, 0.1) is 0 Å². The molecule has 2 heterocycles. The van der Waals surface area contributed by atoms with Crippen LogP contribution in [-0.4, -0.2) is 48.1 Å². The summed E-state index contributed by atoms with van der Waals surface area (Å²) in [5.41, 5.74) is 3.04. The van der Waals surface area contributed by atoms with Crippen molar-refractivity contribution < 1.29 is 19.1 Å². The van der Waals surface area contributed by atoms with Crippen LogP contribution in [0.3, 0.4) is 0 Å². The maximum absolute atomic E-state index is 13.9. The fourth-order valence-electron chi connectivity index (χ4n) is 5.47. The molecule has 1 saturated carbocycles. The quantitative estimate of drug-likeness (QED) is 0.307. The Morgan fingerprint density at radius 3 is 2.45 bits per heavy atom. The molecule has 10 heteroatoms. The molecule has 210 valence electrons. The van der Waals surface area contributed by atoms with Crippen LogP contribution in [-0.2, 0) is 4.79 Å². The summed E-state index contributed by atoms with van der Waals surface area (Å²) in [7, 11) is 3.12. The molecule has 2 aliphatic rings. The predicted molar refractivity (Wildman–Crippen MR) is 157 cm³/mol. The molecule has 3 aromatic rings. The first-order chi connectivity index (χ1) is 19.4. The molecule has 9 nitrogen and oxygen atoms in total. The summed E-state index contributed by atoms with van der Waals surface area (Å²) in [6.45, 7) is 1.86. The van der Waals surface area contributed by atoms with Gasteiger partial charge >= 0.3 is 0 Å². The fraction of sp³-hybridized carbons (Fsp3) is 0.367. The summed E-state index contributed by atoms with van der Waals surface area (Å²) in [4.78, 5) is 27.5. The van der Waals surface area contributed by atoms with Gasteiger partial charge in [0.15, 0.2) is 0 Å². The van der Waals surface area contributed by atoms with Gasteiger partial charge in [0.25, 0.3) is 11.8 Å². The lowest BCUT2D eigenvalue weighted by Crippen LogP contribution is -2.37. The van der Waals surface area contributed by atoms with Crippen molar-refractivity contribution >= 4 is 35.1 Å². The highest BCUT2D eigenvalue weighted by molar-refractivity contribution is 7.98. The largest absolute Gasteiger partial charge is 0.497 e. The molecule has 3 N–H and O–H groups in total. The van der Waals surface area contributed by atoms with Crippen molar-refractivity contribution in [3.63, 3.8) is 0 Å². The van der Waals surface area contributed by atoms with Crippen LogP contribution >= 0.6 is 11.8 Å². The Bertz CT molecular complexity index is 1430. The highest BCUT2D eigenvalue weighted by Crippen LogP contribution is 2.41. The number of carbonyl (C=O) groups is 2. The SMILES string of the molecule is COc1ccc(NC(=O)C2=C(C)Nc3c(C(=O)NC4CCCCC4)c(SC)nn3C2c2ccccc2)c(OC)c1. The Kier molecular flexibility index (Phi) is 8.35. The van der Waals surface area contributed by atoms with Gasteiger partial charge in [0.05, 0.1) is 25.5 Å². The molecule has 0 saturated heterocycles. The van der Waals surface area contributed by atoms with Crippen LogP contribution in [0.25, 0.3) is 0 Å². The zero-order valence-corrected chi connectivity index (χ0v) is 24.1. The molecule has 1 unspecified atom stereocenters. The molecule has 1 atom stereocenters. The summed E-state index contributed by atoms with van der Waals surface area (Å²) in [6, 6.07) is 14.6. The smallest absolute Gasteiger partial charge is 0.258 e. The molecule has 0 radical (unpaired) electrons. The summed E-state index contributed by atoms with van der Waals surface area (Å²) < 4.78 is 12.6. The third-order valence-electron chi connectivity index (χ3n) is 7.48. The van der Waals surface area contributed by atoms with E-state index in [1.54, 1.807) is 37.1 Å². The summed E-state index contributed by atoms with van der Waals surface area (Å²) in [5.74, 6) is 1.25. The van der Waals surface area contributed by atoms with Gasteiger partial charge in [-0.3, -0.25) is 9.59 Å². The number of hydrogen-bond acceptors (Lipinski definition) is 7. The van der Waals surface area contributed by atoms with E-state index in [4.69, 9.17) is 14.6 Å². The Labute approximate surface area is 238 Å². The Morgan fingerprint density at radius 2 is 1.77 bits per heavy atom. The van der Waals surface area contributed by atoms with Crippen molar-refractivity contribution in [1.29, 1.82) is 0 Å². The van der Waals surface area contributed by atoms with Crippen molar-refractivity contribution in [1.82, 2.24) is 15.1 Å². The van der Waals surface area contributed by atoms with Crippen molar-refractivity contribution in [3.8, 4) is 11.5 Å². The van der Waals surface area contributed by atoms with Gasteiger partial charge in [-0.05, 0) is 43.7 Å². The number of fused-ring (bicyclic) bond motifs is 1. The number of nitrogens with one attached hydrogen (secondary N) is 3. The maximum atomic E-state index is 13.9. The van der Waals surface area contributed by atoms with Gasteiger partial charge in [0.2, 0.25) is 0 Å². The molecular weight excluding hydrogens is 526 g/mol. The van der Waals surface area contributed by atoms with Gasteiger partial charge < -0.3 is 25.4 Å². The van der Waals surface area contributed by atoms with Crippen LogP contribution in [0.15, 0.2) is 64.8 Å². The first-order valence-corrected chi connectivity index (χ1v) is 14.7. The van der Waals surface area contributed by atoms with Gasteiger partial charge in [-0.25, -0.2) is 4.68 Å². The van der Waals surface area contributed by atoms with E-state index in [1.165, 1.54) is 18.2 Å². The predicted octanol–water partition coefficient (Wildman–Crippen LogP) is 5.61. The van der Waals surface area contributed by atoms with Crippen molar-refractivity contribution in [2.45, 2.75) is 56.1 Å². The number of amides is 2. The molecule has 1 aliphatic heterocycles. The molecule has 1 aromatic heterocycles. The van der Waals surface area contributed by atoms with Gasteiger partial charge in [-0.1, -0.05) is 49.6 Å². The number of rotatable bonds is 8. The lowest BCUT2D eigenvalue weighted by atomic mass is 9.94. The van der Waals surface area contributed by atoms with Gasteiger partial charge in [-0.15, -0.1) is 11.8 Å². The number of methoxy groups -OCH3 is 2. The van der Waals surface area contributed by atoms with E-state index < -0.39 is 6.04 Å². The molecule has 1 fully saturated rings. The van der Waals surface area contributed by atoms with Crippen molar-refractivity contribution in [2.75, 3.05) is 31.1 Å². The van der Waals surface area contributed by atoms with Crippen molar-refractivity contribution in [2.24, 2.45) is 0 Å². The van der Waals surface area contributed by atoms with E-state index in [9.17, 15) is 9.59 Å². The monoisotopic (exact) mass is 561 g/mol.